The summed E-state index contributed by atoms with van der Waals surface area (Å²) in [5.74, 6) is 1.18. The van der Waals surface area contributed by atoms with Crippen molar-refractivity contribution in [3.8, 4) is 11.6 Å². The first-order valence-corrected chi connectivity index (χ1v) is 7.69. The summed E-state index contributed by atoms with van der Waals surface area (Å²) in [5, 5.41) is 2.73. The van der Waals surface area contributed by atoms with Crippen LogP contribution < -0.4 is 15.8 Å². The van der Waals surface area contributed by atoms with Gasteiger partial charge in [0.15, 0.2) is 0 Å². The van der Waals surface area contributed by atoms with Crippen molar-refractivity contribution in [3.05, 3.63) is 47.7 Å². The number of ether oxygens (including phenoxy) is 2. The summed E-state index contributed by atoms with van der Waals surface area (Å²) in [6.45, 7) is 7.80. The Kier molecular flexibility index (Phi) is 5.28. The predicted octanol–water partition coefficient (Wildman–Crippen LogP) is 3.79. The van der Waals surface area contributed by atoms with Crippen LogP contribution in [0.3, 0.4) is 0 Å². The standard InChI is InChI=1S/C18H23N3O3/c1-12-9-13(10-21-17(22)24-18(2,3)4)5-7-15(12)23-16-8-6-14(19)11-20-16/h5-9,11H,10,19H2,1-4H3,(H,21,22). The van der Waals surface area contributed by atoms with Gasteiger partial charge >= 0.3 is 6.09 Å². The van der Waals surface area contributed by atoms with Crippen LogP contribution >= 0.6 is 0 Å². The van der Waals surface area contributed by atoms with Gasteiger partial charge in [0.2, 0.25) is 5.88 Å². The van der Waals surface area contributed by atoms with Crippen molar-refractivity contribution >= 4 is 11.8 Å². The van der Waals surface area contributed by atoms with Crippen molar-refractivity contribution in [3.63, 3.8) is 0 Å². The molecule has 2 rings (SSSR count). The lowest BCUT2D eigenvalue weighted by molar-refractivity contribution is 0.0523. The molecule has 1 aromatic heterocycles. The zero-order chi connectivity index (χ0) is 17.7. The zero-order valence-corrected chi connectivity index (χ0v) is 14.4. The van der Waals surface area contributed by atoms with Gasteiger partial charge in [-0.1, -0.05) is 12.1 Å². The van der Waals surface area contributed by atoms with E-state index >= 15 is 0 Å². The molecule has 0 unspecified atom stereocenters. The van der Waals surface area contributed by atoms with Gasteiger partial charge in [-0.25, -0.2) is 9.78 Å². The number of carbonyl (C=O) groups is 1. The number of nitrogens with zero attached hydrogens (tertiary/aromatic N) is 1. The summed E-state index contributed by atoms with van der Waals surface area (Å²) in [6, 6.07) is 9.13. The number of carbonyl (C=O) groups excluding carboxylic acids is 1. The number of hydrogen-bond acceptors (Lipinski definition) is 5. The maximum atomic E-state index is 11.7. The SMILES string of the molecule is Cc1cc(CNC(=O)OC(C)(C)C)ccc1Oc1ccc(N)cn1. The summed E-state index contributed by atoms with van der Waals surface area (Å²) in [7, 11) is 0. The van der Waals surface area contributed by atoms with Gasteiger partial charge in [0.05, 0.1) is 11.9 Å². The van der Waals surface area contributed by atoms with Gasteiger partial charge in [-0.3, -0.25) is 0 Å². The molecular weight excluding hydrogens is 306 g/mol. The molecule has 0 radical (unpaired) electrons. The topological polar surface area (TPSA) is 86.5 Å². The second-order valence-electron chi connectivity index (χ2n) is 6.49. The maximum Gasteiger partial charge on any atom is 0.407 e. The quantitative estimate of drug-likeness (QED) is 0.891. The zero-order valence-electron chi connectivity index (χ0n) is 14.4. The van der Waals surface area contributed by atoms with Crippen LogP contribution in [0.25, 0.3) is 0 Å². The third kappa shape index (κ3) is 5.46. The van der Waals surface area contributed by atoms with E-state index in [1.54, 1.807) is 18.3 Å². The third-order valence-electron chi connectivity index (χ3n) is 3.05. The van der Waals surface area contributed by atoms with Crippen LogP contribution in [0.15, 0.2) is 36.5 Å². The highest BCUT2D eigenvalue weighted by Gasteiger charge is 2.15. The smallest absolute Gasteiger partial charge is 0.407 e. The Bertz CT molecular complexity index is 706. The van der Waals surface area contributed by atoms with Gasteiger partial charge in [-0.2, -0.15) is 0 Å². The number of alkyl carbamates (subject to hydrolysis) is 1. The van der Waals surface area contributed by atoms with Crippen LogP contribution in [0.1, 0.15) is 31.9 Å². The monoisotopic (exact) mass is 329 g/mol. The number of aryl methyl sites for hydroxylation is 1. The van der Waals surface area contributed by atoms with E-state index in [4.69, 9.17) is 15.2 Å². The molecular formula is C18H23N3O3. The minimum atomic E-state index is -0.510. The normalized spacial score (nSPS) is 11.0. The fraction of sp³-hybridized carbons (Fsp3) is 0.333. The lowest BCUT2D eigenvalue weighted by Gasteiger charge is -2.19. The Labute approximate surface area is 142 Å². The number of rotatable bonds is 4. The second kappa shape index (κ2) is 7.21. The summed E-state index contributed by atoms with van der Waals surface area (Å²) in [4.78, 5) is 15.8. The lowest BCUT2D eigenvalue weighted by Crippen LogP contribution is -2.32. The Morgan fingerprint density at radius 3 is 2.58 bits per heavy atom. The summed E-state index contributed by atoms with van der Waals surface area (Å²) >= 11 is 0. The van der Waals surface area contributed by atoms with Gasteiger partial charge in [0.1, 0.15) is 11.4 Å². The first kappa shape index (κ1) is 17.6. The Balaban J connectivity index is 1.96. The van der Waals surface area contributed by atoms with Gasteiger partial charge in [0.25, 0.3) is 0 Å². The average molecular weight is 329 g/mol. The van der Waals surface area contributed by atoms with E-state index in [0.29, 0.717) is 23.9 Å². The lowest BCUT2D eigenvalue weighted by atomic mass is 10.1. The summed E-state index contributed by atoms with van der Waals surface area (Å²) < 4.78 is 10.9. The number of aromatic nitrogens is 1. The van der Waals surface area contributed by atoms with Crippen LogP contribution in [0, 0.1) is 6.92 Å². The molecule has 1 heterocycles. The first-order valence-electron chi connectivity index (χ1n) is 7.69. The van der Waals surface area contributed by atoms with E-state index in [9.17, 15) is 4.79 Å². The average Bonchev–Trinajstić information content (AvgIpc) is 2.48. The van der Waals surface area contributed by atoms with Gasteiger partial charge in [0, 0.05) is 12.6 Å². The molecule has 0 atom stereocenters. The molecule has 2 aromatic rings. The maximum absolute atomic E-state index is 11.7. The number of nitrogens with two attached hydrogens (primary N) is 1. The molecule has 0 aliphatic heterocycles. The van der Waals surface area contributed by atoms with Crippen molar-refractivity contribution in [1.29, 1.82) is 0 Å². The van der Waals surface area contributed by atoms with Gasteiger partial charge < -0.3 is 20.5 Å². The molecule has 24 heavy (non-hydrogen) atoms. The largest absolute Gasteiger partial charge is 0.444 e. The highest BCUT2D eigenvalue weighted by Crippen LogP contribution is 2.24. The second-order valence-corrected chi connectivity index (χ2v) is 6.49. The fourth-order valence-corrected chi connectivity index (χ4v) is 1.99. The molecule has 6 nitrogen and oxygen atoms in total. The summed E-state index contributed by atoms with van der Waals surface area (Å²) in [6.07, 6.45) is 1.11. The number of pyridine rings is 1. The number of hydrogen-bond donors (Lipinski definition) is 2. The van der Waals surface area contributed by atoms with E-state index in [1.807, 2.05) is 45.9 Å². The number of amides is 1. The van der Waals surface area contributed by atoms with Crippen molar-refractivity contribution in [2.45, 2.75) is 39.8 Å². The molecule has 128 valence electrons. The molecule has 1 aromatic carbocycles. The van der Waals surface area contributed by atoms with E-state index in [1.165, 1.54) is 0 Å². The van der Waals surface area contributed by atoms with Crippen molar-refractivity contribution < 1.29 is 14.3 Å². The van der Waals surface area contributed by atoms with Crippen molar-refractivity contribution in [2.24, 2.45) is 0 Å². The van der Waals surface area contributed by atoms with E-state index in [-0.39, 0.29) is 0 Å². The Morgan fingerprint density at radius 1 is 1.25 bits per heavy atom. The van der Waals surface area contributed by atoms with Gasteiger partial charge in [-0.05, 0) is 51.0 Å². The molecule has 0 spiro atoms. The number of anilines is 1. The Morgan fingerprint density at radius 2 is 2.00 bits per heavy atom. The minimum Gasteiger partial charge on any atom is -0.444 e. The van der Waals surface area contributed by atoms with Crippen LogP contribution in [-0.4, -0.2) is 16.7 Å². The number of benzene rings is 1. The van der Waals surface area contributed by atoms with E-state index in [0.717, 1.165) is 11.1 Å². The molecule has 0 bridgehead atoms. The molecule has 0 saturated heterocycles. The van der Waals surface area contributed by atoms with Crippen molar-refractivity contribution in [1.82, 2.24) is 10.3 Å². The van der Waals surface area contributed by atoms with Crippen LogP contribution in [0.4, 0.5) is 10.5 Å². The fourth-order valence-electron chi connectivity index (χ4n) is 1.99. The number of nitrogen functional groups attached to an aromatic ring is 1. The molecule has 0 aliphatic carbocycles. The highest BCUT2D eigenvalue weighted by molar-refractivity contribution is 5.67. The summed E-state index contributed by atoms with van der Waals surface area (Å²) in [5.41, 5.74) is 7.58. The van der Waals surface area contributed by atoms with Crippen LogP contribution in [-0.2, 0) is 11.3 Å². The molecule has 0 fully saturated rings. The third-order valence-corrected chi connectivity index (χ3v) is 3.05. The molecule has 0 aliphatic rings. The first-order chi connectivity index (χ1) is 11.2. The van der Waals surface area contributed by atoms with Crippen LogP contribution in [0.5, 0.6) is 11.6 Å². The number of nitrogens with one attached hydrogen (secondary N) is 1. The molecule has 1 amide bonds. The molecule has 3 N–H and O–H groups in total. The van der Waals surface area contributed by atoms with Crippen molar-refractivity contribution in [2.75, 3.05) is 5.73 Å². The molecule has 0 saturated carbocycles. The predicted molar refractivity (Wildman–Crippen MR) is 93.0 cm³/mol. The Hall–Kier alpha value is -2.76. The van der Waals surface area contributed by atoms with E-state index in [2.05, 4.69) is 10.3 Å². The van der Waals surface area contributed by atoms with Crippen LogP contribution in [0.2, 0.25) is 0 Å². The molecule has 6 heteroatoms. The van der Waals surface area contributed by atoms with Gasteiger partial charge in [-0.15, -0.1) is 0 Å². The highest BCUT2D eigenvalue weighted by atomic mass is 16.6. The van der Waals surface area contributed by atoms with E-state index < -0.39 is 11.7 Å². The minimum absolute atomic E-state index is 0.385.